The highest BCUT2D eigenvalue weighted by atomic mass is 16.5. The van der Waals surface area contributed by atoms with Crippen molar-refractivity contribution in [2.45, 2.75) is 136 Å². The van der Waals surface area contributed by atoms with Crippen LogP contribution in [0, 0.1) is 6.92 Å². The highest BCUT2D eigenvalue weighted by molar-refractivity contribution is 4.86. The van der Waals surface area contributed by atoms with Crippen LogP contribution in [0.5, 0.6) is 0 Å². The Bertz CT molecular complexity index is 309. The van der Waals surface area contributed by atoms with Crippen molar-refractivity contribution in [3.8, 4) is 0 Å². The average Bonchev–Trinajstić information content (AvgIpc) is 2.57. The highest BCUT2D eigenvalue weighted by Gasteiger charge is 2.19. The van der Waals surface area contributed by atoms with Gasteiger partial charge in [0.15, 0.2) is 0 Å². The monoisotopic (exact) mass is 367 g/mol. The second kappa shape index (κ2) is 18.0. The van der Waals surface area contributed by atoms with Crippen molar-refractivity contribution < 1.29 is 9.47 Å². The molecular formula is C24H47O2. The van der Waals surface area contributed by atoms with E-state index < -0.39 is 0 Å². The normalized spacial score (nSPS) is 14.6. The zero-order valence-corrected chi connectivity index (χ0v) is 18.5. The van der Waals surface area contributed by atoms with Gasteiger partial charge in [0, 0.05) is 0 Å². The topological polar surface area (TPSA) is 18.5 Å². The first-order chi connectivity index (χ1) is 12.5. The second-order valence-corrected chi connectivity index (χ2v) is 8.14. The molecule has 2 unspecified atom stereocenters. The molecule has 0 fully saturated rings. The van der Waals surface area contributed by atoms with Crippen LogP contribution in [-0.2, 0) is 9.47 Å². The van der Waals surface area contributed by atoms with Gasteiger partial charge in [-0.2, -0.15) is 0 Å². The van der Waals surface area contributed by atoms with Crippen molar-refractivity contribution in [1.29, 1.82) is 0 Å². The molecule has 155 valence electrons. The molecule has 0 saturated carbocycles. The summed E-state index contributed by atoms with van der Waals surface area (Å²) >= 11 is 0. The Hall–Kier alpha value is -0.340. The molecule has 0 aromatic rings. The molecule has 0 rings (SSSR count). The van der Waals surface area contributed by atoms with E-state index in [-0.39, 0.29) is 24.4 Å². The lowest BCUT2D eigenvalue weighted by Gasteiger charge is -2.27. The lowest BCUT2D eigenvalue weighted by Crippen LogP contribution is -2.32. The first-order valence-corrected chi connectivity index (χ1v) is 11.2. The van der Waals surface area contributed by atoms with E-state index in [1.807, 2.05) is 0 Å². The van der Waals surface area contributed by atoms with Crippen molar-refractivity contribution in [2.75, 3.05) is 0 Å². The van der Waals surface area contributed by atoms with Crippen LogP contribution in [0.3, 0.4) is 0 Å². The van der Waals surface area contributed by atoms with Crippen LogP contribution in [-0.4, -0.2) is 24.4 Å². The maximum absolute atomic E-state index is 6.04. The van der Waals surface area contributed by atoms with E-state index >= 15 is 0 Å². The molecule has 2 heteroatoms. The Morgan fingerprint density at radius 1 is 0.654 bits per heavy atom. The number of unbranched alkanes of at least 4 members (excludes halogenated alkanes) is 10. The maximum atomic E-state index is 6.04. The minimum Gasteiger partial charge on any atom is -0.373 e. The number of allylic oxidation sites excluding steroid dienone is 1. The van der Waals surface area contributed by atoms with Gasteiger partial charge >= 0.3 is 0 Å². The van der Waals surface area contributed by atoms with E-state index in [0.717, 1.165) is 12.8 Å². The molecule has 0 heterocycles. The van der Waals surface area contributed by atoms with Crippen LogP contribution in [0.25, 0.3) is 0 Å². The van der Waals surface area contributed by atoms with E-state index in [4.69, 9.17) is 9.47 Å². The molecule has 0 aliphatic carbocycles. The van der Waals surface area contributed by atoms with Crippen LogP contribution in [0.2, 0.25) is 0 Å². The molecule has 0 saturated heterocycles. The third kappa shape index (κ3) is 17.1. The smallest absolute Gasteiger partial charge is 0.0871 e. The van der Waals surface area contributed by atoms with Gasteiger partial charge in [0.25, 0.3) is 0 Å². The van der Waals surface area contributed by atoms with Crippen molar-refractivity contribution in [2.24, 2.45) is 0 Å². The zero-order chi connectivity index (χ0) is 19.6. The Morgan fingerprint density at radius 2 is 1.15 bits per heavy atom. The third-order valence-electron chi connectivity index (χ3n) is 4.61. The SMILES string of the molecule is [CH2]CCCCCCCCCCC/C=C/CC(OC(C)C)C(C)OC(C)C. The van der Waals surface area contributed by atoms with E-state index in [1.165, 1.54) is 64.2 Å². The van der Waals surface area contributed by atoms with Gasteiger partial charge < -0.3 is 9.47 Å². The molecule has 2 nitrogen and oxygen atoms in total. The largest absolute Gasteiger partial charge is 0.373 e. The zero-order valence-electron chi connectivity index (χ0n) is 18.5. The lowest BCUT2D eigenvalue weighted by atomic mass is 10.1. The minimum absolute atomic E-state index is 0.135. The summed E-state index contributed by atoms with van der Waals surface area (Å²) < 4.78 is 12.0. The Labute approximate surface area is 165 Å². The Morgan fingerprint density at radius 3 is 1.65 bits per heavy atom. The molecule has 26 heavy (non-hydrogen) atoms. The standard InChI is InChI=1S/C24H47O2/c1-7-8-9-10-11-12-13-14-15-16-17-18-19-20-24(26-22(4)5)23(6)25-21(2)3/h18-19,21-24H,1,7-17,20H2,2-6H3/b19-18+. The van der Waals surface area contributed by atoms with Gasteiger partial charge in [-0.1, -0.05) is 76.9 Å². The molecule has 0 N–H and O–H groups in total. The second-order valence-electron chi connectivity index (χ2n) is 8.14. The molecule has 0 aromatic heterocycles. The van der Waals surface area contributed by atoms with Crippen molar-refractivity contribution >= 4 is 0 Å². The summed E-state index contributed by atoms with van der Waals surface area (Å²) in [4.78, 5) is 0. The molecule has 0 amide bonds. The van der Waals surface area contributed by atoms with Crippen LogP contribution in [0.15, 0.2) is 12.2 Å². The first kappa shape index (κ1) is 25.7. The van der Waals surface area contributed by atoms with E-state index in [2.05, 4.69) is 53.7 Å². The van der Waals surface area contributed by atoms with Gasteiger partial charge in [0.2, 0.25) is 0 Å². The van der Waals surface area contributed by atoms with Gasteiger partial charge in [0.1, 0.15) is 0 Å². The predicted molar refractivity (Wildman–Crippen MR) is 116 cm³/mol. The molecule has 2 atom stereocenters. The van der Waals surface area contributed by atoms with Gasteiger partial charge in [-0.25, -0.2) is 0 Å². The van der Waals surface area contributed by atoms with Gasteiger partial charge in [0.05, 0.1) is 24.4 Å². The number of hydrogen-bond donors (Lipinski definition) is 0. The number of hydrogen-bond acceptors (Lipinski definition) is 2. The molecule has 0 aliphatic rings. The summed E-state index contributed by atoms with van der Waals surface area (Å²) in [5, 5.41) is 0. The first-order valence-electron chi connectivity index (χ1n) is 11.2. The summed E-state index contributed by atoms with van der Waals surface area (Å²) in [6.07, 6.45) is 21.0. The summed E-state index contributed by atoms with van der Waals surface area (Å²) in [5.74, 6) is 0. The van der Waals surface area contributed by atoms with Crippen LogP contribution in [0.1, 0.15) is 112 Å². The molecule has 0 aliphatic heterocycles. The van der Waals surface area contributed by atoms with Crippen LogP contribution in [0.4, 0.5) is 0 Å². The fourth-order valence-corrected chi connectivity index (χ4v) is 3.25. The summed E-state index contributed by atoms with van der Waals surface area (Å²) in [6, 6.07) is 0. The predicted octanol–water partition coefficient (Wildman–Crippen LogP) is 7.66. The van der Waals surface area contributed by atoms with Crippen molar-refractivity contribution in [1.82, 2.24) is 0 Å². The average molecular weight is 368 g/mol. The molecule has 0 bridgehead atoms. The molecule has 0 spiro atoms. The number of ether oxygens (including phenoxy) is 2. The van der Waals surface area contributed by atoms with E-state index in [0.29, 0.717) is 0 Å². The fourth-order valence-electron chi connectivity index (χ4n) is 3.25. The van der Waals surface area contributed by atoms with Crippen molar-refractivity contribution in [3.63, 3.8) is 0 Å². The van der Waals surface area contributed by atoms with E-state index in [1.54, 1.807) is 0 Å². The maximum Gasteiger partial charge on any atom is 0.0871 e. The van der Waals surface area contributed by atoms with Gasteiger partial charge in [-0.15, -0.1) is 0 Å². The lowest BCUT2D eigenvalue weighted by molar-refractivity contribution is -0.101. The number of rotatable bonds is 18. The quantitative estimate of drug-likeness (QED) is 0.183. The van der Waals surface area contributed by atoms with Crippen molar-refractivity contribution in [3.05, 3.63) is 19.1 Å². The van der Waals surface area contributed by atoms with Gasteiger partial charge in [-0.3, -0.25) is 0 Å². The van der Waals surface area contributed by atoms with Crippen LogP contribution >= 0.6 is 0 Å². The Balaban J connectivity index is 3.71. The fraction of sp³-hybridized carbons (Fsp3) is 0.875. The van der Waals surface area contributed by atoms with Gasteiger partial charge in [-0.05, 0) is 53.9 Å². The third-order valence-corrected chi connectivity index (χ3v) is 4.61. The summed E-state index contributed by atoms with van der Waals surface area (Å²) in [7, 11) is 0. The summed E-state index contributed by atoms with van der Waals surface area (Å²) in [5.41, 5.74) is 0. The molecular weight excluding hydrogens is 320 g/mol. The molecule has 0 aromatic carbocycles. The van der Waals surface area contributed by atoms with Crippen LogP contribution < -0.4 is 0 Å². The summed E-state index contributed by atoms with van der Waals surface area (Å²) in [6.45, 7) is 14.4. The van der Waals surface area contributed by atoms with E-state index in [9.17, 15) is 0 Å². The Kier molecular flexibility index (Phi) is 17.8. The highest BCUT2D eigenvalue weighted by Crippen LogP contribution is 2.15. The minimum atomic E-state index is 0.135. The molecule has 1 radical (unpaired) electrons.